The van der Waals surface area contributed by atoms with Crippen LogP contribution in [0.5, 0.6) is 11.5 Å². The fourth-order valence-corrected chi connectivity index (χ4v) is 2.56. The number of hydrogen-bond donors (Lipinski definition) is 1. The molecule has 24 heavy (non-hydrogen) atoms. The van der Waals surface area contributed by atoms with Crippen LogP contribution in [0.25, 0.3) is 0 Å². The molecule has 2 rings (SSSR count). The van der Waals surface area contributed by atoms with Crippen LogP contribution >= 0.6 is 0 Å². The molecule has 0 unspecified atom stereocenters. The van der Waals surface area contributed by atoms with E-state index in [0.29, 0.717) is 25.1 Å². The summed E-state index contributed by atoms with van der Waals surface area (Å²) in [6.07, 6.45) is 1.34. The van der Waals surface area contributed by atoms with Gasteiger partial charge in [0.1, 0.15) is 5.75 Å². The second kappa shape index (κ2) is 7.62. The molecule has 1 atom stereocenters. The molecular formula is C15H19N3O6. The second-order valence-electron chi connectivity index (χ2n) is 5.46. The van der Waals surface area contributed by atoms with Crippen LogP contribution in [0.4, 0.5) is 5.69 Å². The molecule has 1 aliphatic heterocycles. The minimum Gasteiger partial charge on any atom is -0.496 e. The minimum absolute atomic E-state index is 0.0161. The Morgan fingerprint density at radius 2 is 2.21 bits per heavy atom. The van der Waals surface area contributed by atoms with Gasteiger partial charge in [0.25, 0.3) is 5.91 Å². The zero-order chi connectivity index (χ0) is 17.7. The number of nitro groups is 1. The number of primary amides is 1. The Morgan fingerprint density at radius 1 is 1.46 bits per heavy atom. The van der Waals surface area contributed by atoms with E-state index in [9.17, 15) is 19.7 Å². The maximum absolute atomic E-state index is 12.2. The summed E-state index contributed by atoms with van der Waals surface area (Å²) in [6, 6.07) is 4.12. The molecule has 1 aliphatic rings. The number of carbonyl (C=O) groups excluding carboxylic acids is 2. The summed E-state index contributed by atoms with van der Waals surface area (Å²) in [4.78, 5) is 35.4. The number of methoxy groups -OCH3 is 1. The third-order valence-electron chi connectivity index (χ3n) is 3.89. The Morgan fingerprint density at radius 3 is 2.83 bits per heavy atom. The number of benzene rings is 1. The van der Waals surface area contributed by atoms with Gasteiger partial charge in [-0.3, -0.25) is 19.7 Å². The van der Waals surface area contributed by atoms with E-state index in [4.69, 9.17) is 15.2 Å². The van der Waals surface area contributed by atoms with Crippen LogP contribution in [0.1, 0.15) is 12.8 Å². The number of nitrogens with zero attached hydrogens (tertiary/aromatic N) is 2. The third-order valence-corrected chi connectivity index (χ3v) is 3.89. The van der Waals surface area contributed by atoms with E-state index in [-0.39, 0.29) is 36.4 Å². The number of likely N-dealkylation sites (tertiary alicyclic amines) is 1. The van der Waals surface area contributed by atoms with E-state index < -0.39 is 10.8 Å². The van der Waals surface area contributed by atoms with Gasteiger partial charge < -0.3 is 20.1 Å². The second-order valence-corrected chi connectivity index (χ2v) is 5.46. The summed E-state index contributed by atoms with van der Waals surface area (Å²) in [7, 11) is 1.40. The third kappa shape index (κ3) is 4.12. The predicted molar refractivity (Wildman–Crippen MR) is 83.6 cm³/mol. The van der Waals surface area contributed by atoms with Gasteiger partial charge in [0.2, 0.25) is 5.91 Å². The average molecular weight is 337 g/mol. The zero-order valence-electron chi connectivity index (χ0n) is 13.3. The number of nitro benzene ring substituents is 1. The fraction of sp³-hybridized carbons (Fsp3) is 0.467. The Hall–Kier alpha value is -2.84. The Bertz CT molecular complexity index is 648. The Balaban J connectivity index is 2.01. The highest BCUT2D eigenvalue weighted by atomic mass is 16.6. The van der Waals surface area contributed by atoms with Crippen molar-refractivity contribution in [1.29, 1.82) is 0 Å². The molecule has 0 aromatic heterocycles. The smallest absolute Gasteiger partial charge is 0.314 e. The molecule has 0 radical (unpaired) electrons. The summed E-state index contributed by atoms with van der Waals surface area (Å²) in [5.41, 5.74) is 5.00. The van der Waals surface area contributed by atoms with Gasteiger partial charge in [0.15, 0.2) is 12.4 Å². The monoisotopic (exact) mass is 337 g/mol. The lowest BCUT2D eigenvalue weighted by Gasteiger charge is -2.31. The van der Waals surface area contributed by atoms with Crippen molar-refractivity contribution in [1.82, 2.24) is 4.90 Å². The van der Waals surface area contributed by atoms with Crippen LogP contribution in [-0.4, -0.2) is 48.4 Å². The number of rotatable bonds is 6. The Labute approximate surface area is 138 Å². The van der Waals surface area contributed by atoms with Crippen molar-refractivity contribution >= 4 is 17.5 Å². The van der Waals surface area contributed by atoms with Crippen LogP contribution in [0, 0.1) is 16.0 Å². The molecule has 2 amide bonds. The van der Waals surface area contributed by atoms with Gasteiger partial charge in [0, 0.05) is 13.1 Å². The molecular weight excluding hydrogens is 318 g/mol. The molecule has 0 saturated carbocycles. The van der Waals surface area contributed by atoms with E-state index >= 15 is 0 Å². The van der Waals surface area contributed by atoms with Gasteiger partial charge in [0.05, 0.1) is 24.0 Å². The van der Waals surface area contributed by atoms with Crippen molar-refractivity contribution in [3.63, 3.8) is 0 Å². The van der Waals surface area contributed by atoms with Gasteiger partial charge >= 0.3 is 5.69 Å². The van der Waals surface area contributed by atoms with Crippen LogP contribution in [0.15, 0.2) is 18.2 Å². The van der Waals surface area contributed by atoms with Crippen molar-refractivity contribution in [2.45, 2.75) is 12.8 Å². The van der Waals surface area contributed by atoms with E-state index in [0.717, 1.165) is 0 Å². The number of piperidine rings is 1. The highest BCUT2D eigenvalue weighted by molar-refractivity contribution is 5.81. The molecule has 130 valence electrons. The first kappa shape index (κ1) is 17.5. The van der Waals surface area contributed by atoms with Crippen molar-refractivity contribution in [3.05, 3.63) is 28.3 Å². The minimum atomic E-state index is -0.605. The van der Waals surface area contributed by atoms with E-state index in [1.54, 1.807) is 0 Å². The van der Waals surface area contributed by atoms with Crippen molar-refractivity contribution in [3.8, 4) is 11.5 Å². The zero-order valence-corrected chi connectivity index (χ0v) is 13.3. The molecule has 0 aliphatic carbocycles. The topological polar surface area (TPSA) is 125 Å². The molecule has 1 heterocycles. The average Bonchev–Trinajstić information content (AvgIpc) is 2.59. The van der Waals surface area contributed by atoms with Gasteiger partial charge in [-0.2, -0.15) is 0 Å². The van der Waals surface area contributed by atoms with Crippen LogP contribution in [-0.2, 0) is 9.59 Å². The normalized spacial score (nSPS) is 17.2. The van der Waals surface area contributed by atoms with E-state index in [1.165, 1.54) is 30.2 Å². The quantitative estimate of drug-likeness (QED) is 0.602. The lowest BCUT2D eigenvalue weighted by molar-refractivity contribution is -0.385. The van der Waals surface area contributed by atoms with Gasteiger partial charge in [-0.15, -0.1) is 0 Å². The van der Waals surface area contributed by atoms with Crippen LogP contribution in [0.3, 0.4) is 0 Å². The van der Waals surface area contributed by atoms with E-state index in [1.807, 2.05) is 0 Å². The molecule has 2 N–H and O–H groups in total. The van der Waals surface area contributed by atoms with Gasteiger partial charge in [-0.05, 0) is 25.0 Å². The van der Waals surface area contributed by atoms with Crippen molar-refractivity contribution < 1.29 is 24.0 Å². The molecule has 1 aromatic rings. The largest absolute Gasteiger partial charge is 0.496 e. The number of nitrogens with two attached hydrogens (primary N) is 1. The molecule has 9 heteroatoms. The summed E-state index contributed by atoms with van der Waals surface area (Å²) in [5, 5.41) is 11.1. The lowest BCUT2D eigenvalue weighted by atomic mass is 9.97. The van der Waals surface area contributed by atoms with Crippen molar-refractivity contribution in [2.75, 3.05) is 26.8 Å². The summed E-state index contributed by atoms with van der Waals surface area (Å²) < 4.78 is 10.2. The lowest BCUT2D eigenvalue weighted by Crippen LogP contribution is -2.45. The summed E-state index contributed by atoms with van der Waals surface area (Å²) >= 11 is 0. The molecule has 0 bridgehead atoms. The van der Waals surface area contributed by atoms with Crippen LogP contribution < -0.4 is 15.2 Å². The maximum atomic E-state index is 12.2. The molecule has 9 nitrogen and oxygen atoms in total. The number of ether oxygens (including phenoxy) is 2. The summed E-state index contributed by atoms with van der Waals surface area (Å²) in [6.45, 7) is 0.414. The molecule has 1 fully saturated rings. The van der Waals surface area contributed by atoms with Gasteiger partial charge in [-0.1, -0.05) is 0 Å². The highest BCUT2D eigenvalue weighted by Gasteiger charge is 2.27. The molecule has 1 saturated heterocycles. The predicted octanol–water partition coefficient (Wildman–Crippen LogP) is 0.706. The first-order valence-electron chi connectivity index (χ1n) is 7.44. The van der Waals surface area contributed by atoms with Crippen LogP contribution in [0.2, 0.25) is 0 Å². The highest BCUT2D eigenvalue weighted by Crippen LogP contribution is 2.31. The standard InChI is InChI=1S/C15H19N3O6/c1-23-11-4-5-13(12(7-11)18(21)22)24-9-14(19)17-6-2-3-10(8-17)15(16)20/h4-5,7,10H,2-3,6,8-9H2,1H3,(H2,16,20)/t10-/m1/s1. The Kier molecular flexibility index (Phi) is 5.56. The first-order valence-corrected chi connectivity index (χ1v) is 7.44. The first-order chi connectivity index (χ1) is 11.4. The number of carbonyl (C=O) groups is 2. The van der Waals surface area contributed by atoms with E-state index in [2.05, 4.69) is 0 Å². The fourth-order valence-electron chi connectivity index (χ4n) is 2.56. The van der Waals surface area contributed by atoms with Gasteiger partial charge in [-0.25, -0.2) is 0 Å². The number of amides is 2. The molecule has 0 spiro atoms. The molecule has 1 aromatic carbocycles. The summed E-state index contributed by atoms with van der Waals surface area (Å²) in [5.74, 6) is -0.832. The maximum Gasteiger partial charge on any atom is 0.314 e. The SMILES string of the molecule is COc1ccc(OCC(=O)N2CCC[C@@H](C(N)=O)C2)c([N+](=O)[O-])c1. The number of hydrogen-bond acceptors (Lipinski definition) is 6. The van der Waals surface area contributed by atoms with Crippen molar-refractivity contribution in [2.24, 2.45) is 11.7 Å².